The van der Waals surface area contributed by atoms with Crippen LogP contribution in [-0.2, 0) is 24.0 Å². The van der Waals surface area contributed by atoms with E-state index in [1.165, 1.54) is 6.92 Å². The van der Waals surface area contributed by atoms with Gasteiger partial charge in [-0.15, -0.1) is 0 Å². The van der Waals surface area contributed by atoms with Crippen molar-refractivity contribution in [2.24, 2.45) is 33.8 Å². The topological polar surface area (TPSA) is 278 Å². The molecule has 0 fully saturated rings. The molecule has 0 rings (SSSR count). The van der Waals surface area contributed by atoms with Crippen molar-refractivity contribution in [1.29, 1.82) is 0 Å². The molecule has 0 spiro atoms. The van der Waals surface area contributed by atoms with E-state index in [2.05, 4.69) is 20.9 Å². The van der Waals surface area contributed by atoms with Crippen LogP contribution in [0.3, 0.4) is 0 Å². The van der Waals surface area contributed by atoms with Gasteiger partial charge >= 0.3 is 5.97 Å². The summed E-state index contributed by atoms with van der Waals surface area (Å²) in [5.74, 6) is -5.39. The van der Waals surface area contributed by atoms with Gasteiger partial charge in [0.1, 0.15) is 24.2 Å². The van der Waals surface area contributed by atoms with Crippen molar-refractivity contribution in [3.05, 3.63) is 0 Å². The highest BCUT2D eigenvalue weighted by molar-refractivity contribution is 5.96. The van der Waals surface area contributed by atoms with Crippen molar-refractivity contribution in [3.63, 3.8) is 0 Å². The number of rotatable bonds is 16. The average Bonchev–Trinajstić information content (AvgIpc) is 2.76. The number of carboxylic acid groups (broad SMARTS) is 1. The van der Waals surface area contributed by atoms with Gasteiger partial charge in [0.2, 0.25) is 23.6 Å². The summed E-state index contributed by atoms with van der Waals surface area (Å²) in [6.45, 7) is 4.80. The predicted octanol–water partition coefficient (Wildman–Crippen LogP) is -3.79. The molecule has 4 amide bonds. The molecule has 0 aromatic carbocycles. The van der Waals surface area contributed by atoms with Crippen molar-refractivity contribution in [3.8, 4) is 0 Å². The number of amides is 4. The van der Waals surface area contributed by atoms with Crippen molar-refractivity contribution >= 4 is 35.6 Å². The fraction of sp³-hybridized carbons (Fsp3) is 0.700. The molecule has 13 N–H and O–H groups in total. The Bertz CT molecular complexity index is 785. The lowest BCUT2D eigenvalue weighted by molar-refractivity contribution is -0.144. The van der Waals surface area contributed by atoms with Gasteiger partial charge in [0.15, 0.2) is 5.96 Å². The van der Waals surface area contributed by atoms with Gasteiger partial charge in [0.05, 0.1) is 12.5 Å². The molecule has 0 aliphatic rings. The molecule has 0 saturated heterocycles. The van der Waals surface area contributed by atoms with E-state index in [4.69, 9.17) is 22.9 Å². The zero-order valence-electron chi connectivity index (χ0n) is 20.2. The predicted molar refractivity (Wildman–Crippen MR) is 126 cm³/mol. The number of carbonyl (C=O) groups is 5. The fourth-order valence-corrected chi connectivity index (χ4v) is 2.88. The summed E-state index contributed by atoms with van der Waals surface area (Å²) < 4.78 is 0. The fourth-order valence-electron chi connectivity index (χ4n) is 2.88. The van der Waals surface area contributed by atoms with Crippen molar-refractivity contribution in [2.45, 2.75) is 76.7 Å². The van der Waals surface area contributed by atoms with E-state index in [-0.39, 0.29) is 25.3 Å². The van der Waals surface area contributed by atoms with Gasteiger partial charge in [-0.3, -0.25) is 24.2 Å². The summed E-state index contributed by atoms with van der Waals surface area (Å²) in [4.78, 5) is 64.8. The quantitative estimate of drug-likeness (QED) is 0.0563. The van der Waals surface area contributed by atoms with Gasteiger partial charge in [0, 0.05) is 6.54 Å². The van der Waals surface area contributed by atoms with Gasteiger partial charge in [-0.1, -0.05) is 20.3 Å². The molecular formula is C20H38N8O7. The lowest BCUT2D eigenvalue weighted by atomic mass is 9.98. The highest BCUT2D eigenvalue weighted by atomic mass is 16.4. The Balaban J connectivity index is 5.71. The van der Waals surface area contributed by atoms with Gasteiger partial charge in [-0.2, -0.15) is 0 Å². The van der Waals surface area contributed by atoms with Crippen LogP contribution < -0.4 is 38.9 Å². The highest BCUT2D eigenvalue weighted by Crippen LogP contribution is 2.10. The number of nitrogens with zero attached hydrogens (tertiary/aromatic N) is 1. The largest absolute Gasteiger partial charge is 0.480 e. The van der Waals surface area contributed by atoms with Crippen molar-refractivity contribution < 1.29 is 34.2 Å². The average molecular weight is 503 g/mol. The van der Waals surface area contributed by atoms with E-state index >= 15 is 0 Å². The second kappa shape index (κ2) is 15.4. The van der Waals surface area contributed by atoms with Crippen LogP contribution in [0.1, 0.15) is 46.5 Å². The maximum atomic E-state index is 12.9. The zero-order chi connectivity index (χ0) is 27.3. The monoisotopic (exact) mass is 502 g/mol. The van der Waals surface area contributed by atoms with Crippen LogP contribution in [0.15, 0.2) is 4.99 Å². The second-order valence-electron chi connectivity index (χ2n) is 8.22. The summed E-state index contributed by atoms with van der Waals surface area (Å²) >= 11 is 0. The number of carboxylic acids is 1. The number of nitrogens with one attached hydrogen (secondary N) is 3. The minimum atomic E-state index is -1.50. The number of nitrogens with two attached hydrogens (primary N) is 4. The van der Waals surface area contributed by atoms with Crippen LogP contribution in [0.4, 0.5) is 0 Å². The minimum Gasteiger partial charge on any atom is -0.480 e. The van der Waals surface area contributed by atoms with Gasteiger partial charge < -0.3 is 49.1 Å². The molecule has 15 nitrogen and oxygen atoms in total. The third kappa shape index (κ3) is 12.0. The van der Waals surface area contributed by atoms with Gasteiger partial charge in [0.25, 0.3) is 0 Å². The summed E-state index contributed by atoms with van der Waals surface area (Å²) in [6.07, 6.45) is -1.15. The molecule has 35 heavy (non-hydrogen) atoms. The van der Waals surface area contributed by atoms with Crippen LogP contribution in [0, 0.1) is 5.92 Å². The zero-order valence-corrected chi connectivity index (χ0v) is 20.2. The van der Waals surface area contributed by atoms with Crippen LogP contribution in [-0.4, -0.2) is 82.6 Å². The molecule has 0 heterocycles. The Morgan fingerprint density at radius 3 is 1.91 bits per heavy atom. The van der Waals surface area contributed by atoms with Crippen molar-refractivity contribution in [2.75, 3.05) is 6.54 Å². The van der Waals surface area contributed by atoms with Crippen LogP contribution >= 0.6 is 0 Å². The SMILES string of the molecule is CCC(C)C(NC(=O)C(CCCN=C(N)N)NC(=O)C(CC(N)=O)NC(=O)C(N)C(C)O)C(=O)O. The Morgan fingerprint density at radius 1 is 0.914 bits per heavy atom. The summed E-state index contributed by atoms with van der Waals surface area (Å²) in [5.41, 5.74) is 21.3. The number of aliphatic hydroxyl groups is 1. The van der Waals surface area contributed by atoms with E-state index < -0.39 is 72.2 Å². The van der Waals surface area contributed by atoms with Crippen LogP contribution in [0.2, 0.25) is 0 Å². The van der Waals surface area contributed by atoms with E-state index in [1.54, 1.807) is 13.8 Å². The van der Waals surface area contributed by atoms with Gasteiger partial charge in [-0.25, -0.2) is 4.79 Å². The molecule has 0 aromatic rings. The van der Waals surface area contributed by atoms with Gasteiger partial charge in [-0.05, 0) is 25.7 Å². The smallest absolute Gasteiger partial charge is 0.326 e. The molecular weight excluding hydrogens is 464 g/mol. The number of guanidine groups is 1. The third-order valence-electron chi connectivity index (χ3n) is 5.22. The lowest BCUT2D eigenvalue weighted by Gasteiger charge is -2.26. The molecule has 0 aliphatic carbocycles. The normalized spacial score (nSPS) is 15.9. The maximum Gasteiger partial charge on any atom is 0.326 e. The molecule has 0 aliphatic heterocycles. The first-order valence-electron chi connectivity index (χ1n) is 11.1. The van der Waals surface area contributed by atoms with Crippen LogP contribution in [0.25, 0.3) is 0 Å². The third-order valence-corrected chi connectivity index (χ3v) is 5.22. The number of aliphatic hydroxyl groups excluding tert-OH is 1. The first-order chi connectivity index (χ1) is 16.2. The van der Waals surface area contributed by atoms with E-state index in [0.717, 1.165) is 0 Å². The second-order valence-corrected chi connectivity index (χ2v) is 8.22. The molecule has 0 bridgehead atoms. The number of hydrogen-bond acceptors (Lipinski definition) is 8. The number of carbonyl (C=O) groups excluding carboxylic acids is 4. The lowest BCUT2D eigenvalue weighted by Crippen LogP contribution is -2.59. The minimum absolute atomic E-state index is 0.00558. The van der Waals surface area contributed by atoms with Crippen LogP contribution in [0.5, 0.6) is 0 Å². The molecule has 0 radical (unpaired) electrons. The number of aliphatic carboxylic acids is 1. The molecule has 6 atom stereocenters. The highest BCUT2D eigenvalue weighted by Gasteiger charge is 2.32. The molecule has 0 aromatic heterocycles. The Kier molecular flexibility index (Phi) is 13.9. The molecule has 0 saturated carbocycles. The number of aliphatic imine (C=N–C) groups is 1. The van der Waals surface area contributed by atoms with Crippen molar-refractivity contribution in [1.82, 2.24) is 16.0 Å². The Morgan fingerprint density at radius 2 is 1.46 bits per heavy atom. The molecule has 200 valence electrons. The first kappa shape index (κ1) is 31.5. The van der Waals surface area contributed by atoms with E-state index in [1.807, 2.05) is 0 Å². The standard InChI is InChI=1S/C20H38N8O7/c1-4-9(2)15(19(34)35)28-16(31)11(6-5-7-25-20(23)24)26-17(32)12(8-13(21)30)27-18(33)14(22)10(3)29/h9-12,14-15,29H,4-8,22H2,1-3H3,(H2,21,30)(H,26,32)(H,27,33)(H,28,31)(H,34,35)(H4,23,24,25). The Labute approximate surface area is 203 Å². The first-order valence-corrected chi connectivity index (χ1v) is 11.1. The number of hydrogen-bond donors (Lipinski definition) is 9. The maximum absolute atomic E-state index is 12.9. The summed E-state index contributed by atoms with van der Waals surface area (Å²) in [6, 6.07) is -5.35. The molecule has 15 heteroatoms. The summed E-state index contributed by atoms with van der Waals surface area (Å²) in [7, 11) is 0. The summed E-state index contributed by atoms with van der Waals surface area (Å²) in [5, 5.41) is 26.0. The number of primary amides is 1. The van der Waals surface area contributed by atoms with E-state index in [0.29, 0.717) is 6.42 Å². The Hall–Kier alpha value is -3.46. The van der Waals surface area contributed by atoms with E-state index in [9.17, 15) is 34.2 Å². The molecule has 6 unspecified atom stereocenters.